The molecular formula is C14H17NO6. The van der Waals surface area contributed by atoms with Crippen molar-refractivity contribution in [2.24, 2.45) is 0 Å². The van der Waals surface area contributed by atoms with Crippen LogP contribution in [0.5, 0.6) is 11.5 Å². The third-order valence-electron chi connectivity index (χ3n) is 3.31. The van der Waals surface area contributed by atoms with Crippen molar-refractivity contribution in [1.82, 2.24) is 4.90 Å². The summed E-state index contributed by atoms with van der Waals surface area (Å²) in [5, 5.41) is 9.20. The molecule has 1 fully saturated rings. The van der Waals surface area contributed by atoms with Crippen LogP contribution in [0.15, 0.2) is 18.2 Å². The van der Waals surface area contributed by atoms with Crippen molar-refractivity contribution in [3.63, 3.8) is 0 Å². The Kier molecular flexibility index (Phi) is 4.64. The first-order valence-corrected chi connectivity index (χ1v) is 6.42. The average molecular weight is 295 g/mol. The summed E-state index contributed by atoms with van der Waals surface area (Å²) in [5.41, 5.74) is 0.269. The number of morpholine rings is 1. The first kappa shape index (κ1) is 15.1. The maximum absolute atomic E-state index is 12.6. The number of carboxylic acid groups (broad SMARTS) is 1. The highest BCUT2D eigenvalue weighted by atomic mass is 16.5. The highest BCUT2D eigenvalue weighted by Crippen LogP contribution is 2.32. The van der Waals surface area contributed by atoms with E-state index >= 15 is 0 Å². The summed E-state index contributed by atoms with van der Waals surface area (Å²) in [6.07, 6.45) is 0. The largest absolute Gasteiger partial charge is 0.493 e. The minimum Gasteiger partial charge on any atom is -0.493 e. The van der Waals surface area contributed by atoms with E-state index in [0.29, 0.717) is 18.1 Å². The molecule has 1 heterocycles. The number of carbonyl (C=O) groups excluding carboxylic acids is 1. The van der Waals surface area contributed by atoms with Crippen molar-refractivity contribution in [1.29, 1.82) is 0 Å². The summed E-state index contributed by atoms with van der Waals surface area (Å²) in [4.78, 5) is 25.2. The fourth-order valence-corrected chi connectivity index (χ4v) is 2.26. The minimum absolute atomic E-state index is 0.0205. The molecule has 0 saturated carbocycles. The number of hydrogen-bond donors (Lipinski definition) is 1. The van der Waals surface area contributed by atoms with Gasteiger partial charge in [-0.05, 0) is 12.1 Å². The van der Waals surface area contributed by atoms with Crippen LogP contribution in [-0.2, 0) is 9.53 Å². The Morgan fingerprint density at radius 2 is 2.10 bits per heavy atom. The molecule has 2 rings (SSSR count). The number of aliphatic carboxylic acids is 1. The van der Waals surface area contributed by atoms with Crippen LogP contribution in [0.1, 0.15) is 10.4 Å². The van der Waals surface area contributed by atoms with Crippen molar-refractivity contribution < 1.29 is 28.9 Å². The molecule has 7 nitrogen and oxygen atoms in total. The van der Waals surface area contributed by atoms with E-state index in [2.05, 4.69) is 0 Å². The summed E-state index contributed by atoms with van der Waals surface area (Å²) in [5.74, 6) is -0.796. The standard InChI is InChI=1S/C14H17NO6/c1-19-11-5-3-4-9(12(11)20-2)13(16)15-6-7-21-8-10(15)14(17)18/h3-5,10H,6-8H2,1-2H3,(H,17,18). The second kappa shape index (κ2) is 6.45. The number of ether oxygens (including phenoxy) is 3. The highest BCUT2D eigenvalue weighted by molar-refractivity contribution is 5.99. The van der Waals surface area contributed by atoms with Gasteiger partial charge in [0.2, 0.25) is 0 Å². The number of methoxy groups -OCH3 is 2. The van der Waals surface area contributed by atoms with E-state index in [0.717, 1.165) is 0 Å². The van der Waals surface area contributed by atoms with E-state index in [1.54, 1.807) is 18.2 Å². The van der Waals surface area contributed by atoms with Gasteiger partial charge in [-0.2, -0.15) is 0 Å². The average Bonchev–Trinajstić information content (AvgIpc) is 2.53. The van der Waals surface area contributed by atoms with Gasteiger partial charge in [0, 0.05) is 6.54 Å². The van der Waals surface area contributed by atoms with Crippen LogP contribution in [0.2, 0.25) is 0 Å². The molecule has 1 N–H and O–H groups in total. The molecular weight excluding hydrogens is 278 g/mol. The van der Waals surface area contributed by atoms with Crippen LogP contribution in [0.4, 0.5) is 0 Å². The van der Waals surface area contributed by atoms with E-state index in [9.17, 15) is 14.7 Å². The maximum atomic E-state index is 12.6. The second-order valence-electron chi connectivity index (χ2n) is 4.47. The molecule has 0 bridgehead atoms. The predicted molar refractivity (Wildman–Crippen MR) is 72.8 cm³/mol. The lowest BCUT2D eigenvalue weighted by atomic mass is 10.1. The van der Waals surface area contributed by atoms with Crippen LogP contribution in [0, 0.1) is 0 Å². The summed E-state index contributed by atoms with van der Waals surface area (Å²) in [7, 11) is 2.91. The number of amides is 1. The molecule has 1 aromatic rings. The van der Waals surface area contributed by atoms with Crippen LogP contribution in [0.3, 0.4) is 0 Å². The third-order valence-corrected chi connectivity index (χ3v) is 3.31. The van der Waals surface area contributed by atoms with E-state index in [-0.39, 0.29) is 18.7 Å². The molecule has 1 aliphatic rings. The van der Waals surface area contributed by atoms with E-state index in [1.165, 1.54) is 19.1 Å². The Hall–Kier alpha value is -2.28. The first-order valence-electron chi connectivity index (χ1n) is 6.42. The number of carboxylic acids is 1. The van der Waals surface area contributed by atoms with Crippen molar-refractivity contribution in [2.45, 2.75) is 6.04 Å². The van der Waals surface area contributed by atoms with Gasteiger partial charge in [-0.25, -0.2) is 4.79 Å². The van der Waals surface area contributed by atoms with Gasteiger partial charge in [-0.1, -0.05) is 6.07 Å². The molecule has 7 heteroatoms. The van der Waals surface area contributed by atoms with Gasteiger partial charge in [0.15, 0.2) is 17.5 Å². The van der Waals surface area contributed by atoms with Crippen LogP contribution >= 0.6 is 0 Å². The van der Waals surface area contributed by atoms with Crippen molar-refractivity contribution in [3.05, 3.63) is 23.8 Å². The minimum atomic E-state index is -1.09. The van der Waals surface area contributed by atoms with Gasteiger partial charge >= 0.3 is 5.97 Å². The molecule has 21 heavy (non-hydrogen) atoms. The molecule has 1 aromatic carbocycles. The molecule has 0 aliphatic carbocycles. The smallest absolute Gasteiger partial charge is 0.328 e. The normalized spacial score (nSPS) is 18.2. The molecule has 1 amide bonds. The van der Waals surface area contributed by atoms with Gasteiger partial charge in [0.1, 0.15) is 0 Å². The van der Waals surface area contributed by atoms with E-state index in [1.807, 2.05) is 0 Å². The molecule has 1 saturated heterocycles. The lowest BCUT2D eigenvalue weighted by Crippen LogP contribution is -2.52. The van der Waals surface area contributed by atoms with Gasteiger partial charge in [-0.15, -0.1) is 0 Å². The van der Waals surface area contributed by atoms with Crippen LogP contribution in [0.25, 0.3) is 0 Å². The Labute approximate surface area is 122 Å². The Morgan fingerprint density at radius 1 is 1.33 bits per heavy atom. The fourth-order valence-electron chi connectivity index (χ4n) is 2.26. The lowest BCUT2D eigenvalue weighted by molar-refractivity contribution is -0.147. The monoisotopic (exact) mass is 295 g/mol. The Bertz CT molecular complexity index is 544. The number of carbonyl (C=O) groups is 2. The van der Waals surface area contributed by atoms with E-state index < -0.39 is 17.9 Å². The first-order chi connectivity index (χ1) is 10.1. The zero-order valence-corrected chi connectivity index (χ0v) is 11.9. The number of hydrogen-bond acceptors (Lipinski definition) is 5. The Morgan fingerprint density at radius 3 is 2.71 bits per heavy atom. The SMILES string of the molecule is COc1cccc(C(=O)N2CCOCC2C(=O)O)c1OC. The highest BCUT2D eigenvalue weighted by Gasteiger charge is 2.34. The van der Waals surface area contributed by atoms with Crippen LogP contribution in [-0.4, -0.2) is 61.9 Å². The number of para-hydroxylation sites is 1. The Balaban J connectivity index is 2.36. The topological polar surface area (TPSA) is 85.3 Å². The zero-order chi connectivity index (χ0) is 15.4. The molecule has 1 unspecified atom stereocenters. The molecule has 0 spiro atoms. The van der Waals surface area contributed by atoms with Crippen molar-refractivity contribution in [2.75, 3.05) is 34.0 Å². The van der Waals surface area contributed by atoms with Gasteiger partial charge in [0.25, 0.3) is 5.91 Å². The van der Waals surface area contributed by atoms with Crippen LogP contribution < -0.4 is 9.47 Å². The number of benzene rings is 1. The quantitative estimate of drug-likeness (QED) is 0.877. The molecule has 1 atom stereocenters. The number of nitrogens with zero attached hydrogens (tertiary/aromatic N) is 1. The second-order valence-corrected chi connectivity index (χ2v) is 4.47. The molecule has 114 valence electrons. The summed E-state index contributed by atoms with van der Waals surface area (Å²) < 4.78 is 15.5. The molecule has 1 aliphatic heterocycles. The van der Waals surface area contributed by atoms with E-state index in [4.69, 9.17) is 14.2 Å². The van der Waals surface area contributed by atoms with Gasteiger partial charge in [-0.3, -0.25) is 4.79 Å². The molecule has 0 radical (unpaired) electrons. The summed E-state index contributed by atoms with van der Waals surface area (Å²) in [6.45, 7) is 0.505. The third kappa shape index (κ3) is 2.92. The summed E-state index contributed by atoms with van der Waals surface area (Å²) in [6, 6.07) is 3.91. The predicted octanol–water partition coefficient (Wildman–Crippen LogP) is 0.629. The fraction of sp³-hybridized carbons (Fsp3) is 0.429. The van der Waals surface area contributed by atoms with Crippen molar-refractivity contribution >= 4 is 11.9 Å². The van der Waals surface area contributed by atoms with Crippen molar-refractivity contribution in [3.8, 4) is 11.5 Å². The number of rotatable bonds is 4. The maximum Gasteiger partial charge on any atom is 0.328 e. The zero-order valence-electron chi connectivity index (χ0n) is 11.9. The van der Waals surface area contributed by atoms with Gasteiger partial charge in [0.05, 0.1) is 33.0 Å². The summed E-state index contributed by atoms with van der Waals surface area (Å²) >= 11 is 0. The lowest BCUT2D eigenvalue weighted by Gasteiger charge is -2.33. The molecule has 0 aromatic heterocycles. The van der Waals surface area contributed by atoms with Gasteiger partial charge < -0.3 is 24.2 Å².